The smallest absolute Gasteiger partial charge is 0.0107 e. The van der Waals surface area contributed by atoms with E-state index in [0.717, 1.165) is 11.8 Å². The highest BCUT2D eigenvalue weighted by atomic mass is 15.1. The lowest BCUT2D eigenvalue weighted by atomic mass is 9.89. The molecule has 0 atom stereocenters. The van der Waals surface area contributed by atoms with Gasteiger partial charge >= 0.3 is 0 Å². The lowest BCUT2D eigenvalue weighted by Crippen LogP contribution is -2.39. The SMILES string of the molecule is CCCC1CCN(CCNCC2CCCCC2)CC1. The van der Waals surface area contributed by atoms with Crippen LogP contribution in [0.1, 0.15) is 64.7 Å². The van der Waals surface area contributed by atoms with Crippen LogP contribution >= 0.6 is 0 Å². The summed E-state index contributed by atoms with van der Waals surface area (Å²) >= 11 is 0. The third-order valence-electron chi connectivity index (χ3n) is 5.17. The van der Waals surface area contributed by atoms with Crippen molar-refractivity contribution in [3.63, 3.8) is 0 Å². The lowest BCUT2D eigenvalue weighted by molar-refractivity contribution is 0.178. The van der Waals surface area contributed by atoms with Crippen molar-refractivity contribution in [2.75, 3.05) is 32.7 Å². The maximum atomic E-state index is 3.70. The molecule has 1 heterocycles. The van der Waals surface area contributed by atoms with E-state index in [1.54, 1.807) is 0 Å². The van der Waals surface area contributed by atoms with Gasteiger partial charge < -0.3 is 10.2 Å². The molecule has 1 saturated carbocycles. The van der Waals surface area contributed by atoms with Crippen molar-refractivity contribution in [1.82, 2.24) is 10.2 Å². The van der Waals surface area contributed by atoms with Crippen LogP contribution in [0.15, 0.2) is 0 Å². The van der Waals surface area contributed by atoms with Gasteiger partial charge in [-0.15, -0.1) is 0 Å². The molecule has 1 N–H and O–H groups in total. The molecule has 0 amide bonds. The van der Waals surface area contributed by atoms with Crippen molar-refractivity contribution in [2.45, 2.75) is 64.7 Å². The summed E-state index contributed by atoms with van der Waals surface area (Å²) < 4.78 is 0. The molecule has 1 saturated heterocycles. The Morgan fingerprint density at radius 3 is 2.37 bits per heavy atom. The van der Waals surface area contributed by atoms with Crippen molar-refractivity contribution in [3.8, 4) is 0 Å². The average molecular weight is 266 g/mol. The second kappa shape index (κ2) is 8.97. The van der Waals surface area contributed by atoms with Crippen LogP contribution in [-0.4, -0.2) is 37.6 Å². The summed E-state index contributed by atoms with van der Waals surface area (Å²) in [4.78, 5) is 2.67. The Morgan fingerprint density at radius 2 is 1.68 bits per heavy atom. The number of rotatable bonds is 7. The van der Waals surface area contributed by atoms with Crippen molar-refractivity contribution >= 4 is 0 Å². The predicted molar refractivity (Wildman–Crippen MR) is 83.5 cm³/mol. The van der Waals surface area contributed by atoms with Crippen LogP contribution in [0.2, 0.25) is 0 Å². The molecule has 1 aliphatic heterocycles. The highest BCUT2D eigenvalue weighted by molar-refractivity contribution is 4.73. The van der Waals surface area contributed by atoms with Gasteiger partial charge in [0.15, 0.2) is 0 Å². The Kier molecular flexibility index (Phi) is 7.23. The molecule has 0 radical (unpaired) electrons. The molecule has 0 bridgehead atoms. The minimum Gasteiger partial charge on any atom is -0.315 e. The molecule has 19 heavy (non-hydrogen) atoms. The van der Waals surface area contributed by atoms with E-state index in [0.29, 0.717) is 0 Å². The first kappa shape index (κ1) is 15.3. The molecule has 2 fully saturated rings. The number of piperidine rings is 1. The molecular weight excluding hydrogens is 232 g/mol. The number of nitrogens with one attached hydrogen (secondary N) is 1. The Balaban J connectivity index is 1.47. The normalized spacial score (nSPS) is 23.8. The molecule has 2 nitrogen and oxygen atoms in total. The topological polar surface area (TPSA) is 15.3 Å². The van der Waals surface area contributed by atoms with Gasteiger partial charge in [-0.3, -0.25) is 0 Å². The third-order valence-corrected chi connectivity index (χ3v) is 5.17. The van der Waals surface area contributed by atoms with Crippen LogP contribution < -0.4 is 5.32 Å². The van der Waals surface area contributed by atoms with Crippen molar-refractivity contribution in [2.24, 2.45) is 11.8 Å². The summed E-state index contributed by atoms with van der Waals surface area (Å²) in [7, 11) is 0. The van der Waals surface area contributed by atoms with Crippen molar-refractivity contribution < 1.29 is 0 Å². The van der Waals surface area contributed by atoms with E-state index in [4.69, 9.17) is 0 Å². The highest BCUT2D eigenvalue weighted by Crippen LogP contribution is 2.23. The van der Waals surface area contributed by atoms with Gasteiger partial charge in [0, 0.05) is 13.1 Å². The first-order valence-corrected chi connectivity index (χ1v) is 8.81. The number of hydrogen-bond acceptors (Lipinski definition) is 2. The van der Waals surface area contributed by atoms with Crippen LogP contribution in [0.5, 0.6) is 0 Å². The van der Waals surface area contributed by atoms with Gasteiger partial charge in [-0.05, 0) is 57.2 Å². The van der Waals surface area contributed by atoms with E-state index in [9.17, 15) is 0 Å². The zero-order valence-electron chi connectivity index (χ0n) is 13.0. The third kappa shape index (κ3) is 5.83. The first-order valence-electron chi connectivity index (χ1n) is 8.81. The monoisotopic (exact) mass is 266 g/mol. The van der Waals surface area contributed by atoms with Crippen LogP contribution in [0.3, 0.4) is 0 Å². The largest absolute Gasteiger partial charge is 0.315 e. The van der Waals surface area contributed by atoms with E-state index >= 15 is 0 Å². The Hall–Kier alpha value is -0.0800. The predicted octanol–water partition coefficient (Wildman–Crippen LogP) is 3.67. The van der Waals surface area contributed by atoms with Crippen LogP contribution in [0.25, 0.3) is 0 Å². The van der Waals surface area contributed by atoms with E-state index < -0.39 is 0 Å². The van der Waals surface area contributed by atoms with Gasteiger partial charge in [-0.1, -0.05) is 39.0 Å². The second-order valence-corrected chi connectivity index (χ2v) is 6.78. The molecule has 2 rings (SSSR count). The molecule has 0 aromatic rings. The maximum Gasteiger partial charge on any atom is 0.0107 e. The van der Waals surface area contributed by atoms with Crippen LogP contribution in [0.4, 0.5) is 0 Å². The number of nitrogens with zero attached hydrogens (tertiary/aromatic N) is 1. The fourth-order valence-corrected chi connectivity index (χ4v) is 3.84. The fraction of sp³-hybridized carbons (Fsp3) is 1.00. The van der Waals surface area contributed by atoms with Gasteiger partial charge in [-0.2, -0.15) is 0 Å². The van der Waals surface area contributed by atoms with Gasteiger partial charge in [0.05, 0.1) is 0 Å². The highest BCUT2D eigenvalue weighted by Gasteiger charge is 2.18. The Labute approximate surface area is 120 Å². The van der Waals surface area contributed by atoms with Crippen molar-refractivity contribution in [3.05, 3.63) is 0 Å². The molecule has 1 aliphatic carbocycles. The van der Waals surface area contributed by atoms with Gasteiger partial charge in [0.25, 0.3) is 0 Å². The summed E-state index contributed by atoms with van der Waals surface area (Å²) in [5, 5.41) is 3.70. The molecule has 0 aromatic heterocycles. The molecular formula is C17H34N2. The van der Waals surface area contributed by atoms with Crippen LogP contribution in [-0.2, 0) is 0 Å². The quantitative estimate of drug-likeness (QED) is 0.707. The molecule has 2 heteroatoms. The van der Waals surface area contributed by atoms with E-state index in [-0.39, 0.29) is 0 Å². The number of hydrogen-bond donors (Lipinski definition) is 1. The minimum absolute atomic E-state index is 0.976. The minimum atomic E-state index is 0.976. The lowest BCUT2D eigenvalue weighted by Gasteiger charge is -2.32. The van der Waals surface area contributed by atoms with Crippen molar-refractivity contribution in [1.29, 1.82) is 0 Å². The van der Waals surface area contributed by atoms with E-state index in [2.05, 4.69) is 17.1 Å². The summed E-state index contributed by atoms with van der Waals surface area (Å²) in [6.45, 7) is 8.75. The van der Waals surface area contributed by atoms with Crippen LogP contribution in [0, 0.1) is 11.8 Å². The van der Waals surface area contributed by atoms with E-state index in [1.807, 2.05) is 0 Å². The summed E-state index contributed by atoms with van der Waals surface area (Å²) in [6, 6.07) is 0. The van der Waals surface area contributed by atoms with Gasteiger partial charge in [0.2, 0.25) is 0 Å². The second-order valence-electron chi connectivity index (χ2n) is 6.78. The van der Waals surface area contributed by atoms with Gasteiger partial charge in [-0.25, -0.2) is 0 Å². The first-order chi connectivity index (χ1) is 9.38. The molecule has 0 spiro atoms. The summed E-state index contributed by atoms with van der Waals surface area (Å²) in [5.41, 5.74) is 0. The molecule has 2 aliphatic rings. The fourth-order valence-electron chi connectivity index (χ4n) is 3.84. The average Bonchev–Trinajstić information content (AvgIpc) is 2.47. The zero-order valence-corrected chi connectivity index (χ0v) is 13.0. The Bertz CT molecular complexity index is 215. The standard InChI is InChI=1S/C17H34N2/c1-2-6-16-9-12-19(13-10-16)14-11-18-15-17-7-4-3-5-8-17/h16-18H,2-15H2,1H3. The summed E-state index contributed by atoms with van der Waals surface area (Å²) in [5.74, 6) is 2.00. The zero-order chi connectivity index (χ0) is 13.3. The molecule has 0 aromatic carbocycles. The maximum absolute atomic E-state index is 3.70. The van der Waals surface area contributed by atoms with E-state index in [1.165, 1.54) is 90.5 Å². The number of likely N-dealkylation sites (tertiary alicyclic amines) is 1. The molecule has 0 unspecified atom stereocenters. The van der Waals surface area contributed by atoms with Gasteiger partial charge in [0.1, 0.15) is 0 Å². The summed E-state index contributed by atoms with van der Waals surface area (Å²) in [6.07, 6.45) is 13.1. The molecule has 112 valence electrons. The Morgan fingerprint density at radius 1 is 0.947 bits per heavy atom.